The number of phenols is 1. The largest absolute Gasteiger partial charge is 0.508 e. The highest BCUT2D eigenvalue weighted by molar-refractivity contribution is 5.41. The molecule has 0 saturated carbocycles. The van der Waals surface area contributed by atoms with Crippen molar-refractivity contribution in [2.75, 3.05) is 27.2 Å². The van der Waals surface area contributed by atoms with Gasteiger partial charge in [0.1, 0.15) is 11.5 Å². The summed E-state index contributed by atoms with van der Waals surface area (Å²) in [5, 5.41) is 13.6. The molecule has 4 heteroatoms. The number of phenolic OH excluding ortho intramolecular Hbond substituents is 1. The molecule has 0 bridgehead atoms. The molecule has 1 aromatic carbocycles. The van der Waals surface area contributed by atoms with Gasteiger partial charge in [-0.05, 0) is 51.6 Å². The van der Waals surface area contributed by atoms with Crippen LogP contribution in [0.3, 0.4) is 0 Å². The van der Waals surface area contributed by atoms with Crippen molar-refractivity contribution in [3.8, 4) is 11.5 Å². The molecule has 1 fully saturated rings. The van der Waals surface area contributed by atoms with Gasteiger partial charge < -0.3 is 20.1 Å². The Labute approximate surface area is 115 Å². The van der Waals surface area contributed by atoms with Crippen LogP contribution in [-0.2, 0) is 0 Å². The van der Waals surface area contributed by atoms with Crippen LogP contribution in [-0.4, -0.2) is 43.3 Å². The third-order valence-electron chi connectivity index (χ3n) is 3.81. The van der Waals surface area contributed by atoms with Crippen LogP contribution in [0.5, 0.6) is 11.5 Å². The minimum atomic E-state index is 0.117. The number of aromatic hydroxyl groups is 1. The van der Waals surface area contributed by atoms with Crippen molar-refractivity contribution in [2.24, 2.45) is 0 Å². The minimum absolute atomic E-state index is 0.117. The summed E-state index contributed by atoms with van der Waals surface area (Å²) in [7, 11) is 3.80. The van der Waals surface area contributed by atoms with Crippen LogP contribution in [0.4, 0.5) is 0 Å². The van der Waals surface area contributed by atoms with E-state index in [0.29, 0.717) is 11.8 Å². The molecule has 0 aliphatic carbocycles. The average Bonchev–Trinajstić information content (AvgIpc) is 2.39. The van der Waals surface area contributed by atoms with E-state index in [4.69, 9.17) is 4.74 Å². The fraction of sp³-hybridized carbons (Fsp3) is 0.600. The number of piperidine rings is 1. The summed E-state index contributed by atoms with van der Waals surface area (Å²) in [6.45, 7) is 4.33. The lowest BCUT2D eigenvalue weighted by Crippen LogP contribution is -2.44. The van der Waals surface area contributed by atoms with Crippen molar-refractivity contribution in [2.45, 2.75) is 31.8 Å². The van der Waals surface area contributed by atoms with Crippen molar-refractivity contribution < 1.29 is 9.84 Å². The molecule has 1 heterocycles. The van der Waals surface area contributed by atoms with Gasteiger partial charge in [-0.15, -0.1) is 0 Å². The van der Waals surface area contributed by atoms with Gasteiger partial charge in [-0.1, -0.05) is 0 Å². The van der Waals surface area contributed by atoms with E-state index >= 15 is 0 Å². The van der Waals surface area contributed by atoms with Crippen molar-refractivity contribution in [3.63, 3.8) is 0 Å². The molecule has 4 nitrogen and oxygen atoms in total. The molecule has 1 aromatic rings. The zero-order chi connectivity index (χ0) is 13.8. The molecule has 1 saturated heterocycles. The van der Waals surface area contributed by atoms with Gasteiger partial charge >= 0.3 is 0 Å². The number of methoxy groups -OCH3 is 1. The monoisotopic (exact) mass is 264 g/mol. The van der Waals surface area contributed by atoms with Crippen LogP contribution in [0.15, 0.2) is 18.2 Å². The second kappa shape index (κ2) is 6.26. The van der Waals surface area contributed by atoms with Gasteiger partial charge in [0.05, 0.1) is 7.11 Å². The first-order chi connectivity index (χ1) is 9.10. The molecular formula is C15H24N2O2. The number of benzene rings is 1. The zero-order valence-corrected chi connectivity index (χ0v) is 12.0. The topological polar surface area (TPSA) is 44.7 Å². The molecule has 0 aromatic heterocycles. The van der Waals surface area contributed by atoms with E-state index in [0.717, 1.165) is 17.9 Å². The number of nitrogens with one attached hydrogen (secondary N) is 1. The lowest BCUT2D eigenvalue weighted by Gasteiger charge is -2.32. The maximum absolute atomic E-state index is 9.98. The van der Waals surface area contributed by atoms with Crippen molar-refractivity contribution in [1.29, 1.82) is 0 Å². The molecule has 2 N–H and O–H groups in total. The van der Waals surface area contributed by atoms with E-state index in [1.807, 2.05) is 6.07 Å². The smallest absolute Gasteiger partial charge is 0.120 e. The normalized spacial score (nSPS) is 22.2. The molecule has 19 heavy (non-hydrogen) atoms. The maximum atomic E-state index is 9.98. The second-order valence-electron chi connectivity index (χ2n) is 5.41. The molecular weight excluding hydrogens is 240 g/mol. The lowest BCUT2D eigenvalue weighted by molar-refractivity contribution is 0.218. The van der Waals surface area contributed by atoms with Crippen molar-refractivity contribution in [3.05, 3.63) is 23.8 Å². The summed E-state index contributed by atoms with van der Waals surface area (Å²) in [5.41, 5.74) is 0.896. The number of nitrogens with zero attached hydrogens (tertiary/aromatic N) is 1. The molecule has 1 aliphatic rings. The molecule has 0 spiro atoms. The highest BCUT2D eigenvalue weighted by Gasteiger charge is 2.20. The predicted molar refractivity (Wildman–Crippen MR) is 76.7 cm³/mol. The van der Waals surface area contributed by atoms with Crippen LogP contribution in [0, 0.1) is 0 Å². The van der Waals surface area contributed by atoms with E-state index in [1.165, 1.54) is 19.4 Å². The summed E-state index contributed by atoms with van der Waals surface area (Å²) in [6, 6.07) is 5.98. The number of hydrogen-bond acceptors (Lipinski definition) is 4. The van der Waals surface area contributed by atoms with Gasteiger partial charge in [0.2, 0.25) is 0 Å². The van der Waals surface area contributed by atoms with Gasteiger partial charge in [0, 0.05) is 24.2 Å². The summed E-state index contributed by atoms with van der Waals surface area (Å²) in [6.07, 6.45) is 2.42. The Kier molecular flexibility index (Phi) is 4.66. The number of likely N-dealkylation sites (N-methyl/N-ethyl adjacent to an activating group) is 1. The fourth-order valence-corrected chi connectivity index (χ4v) is 2.75. The summed E-state index contributed by atoms with van der Waals surface area (Å²) >= 11 is 0. The number of rotatable bonds is 4. The van der Waals surface area contributed by atoms with E-state index in [2.05, 4.69) is 24.2 Å². The first-order valence-corrected chi connectivity index (χ1v) is 6.91. The van der Waals surface area contributed by atoms with E-state index in [9.17, 15) is 5.11 Å². The Morgan fingerprint density at radius 2 is 2.26 bits per heavy atom. The van der Waals surface area contributed by atoms with E-state index in [-0.39, 0.29) is 6.04 Å². The fourth-order valence-electron chi connectivity index (χ4n) is 2.75. The molecule has 2 rings (SSSR count). The lowest BCUT2D eigenvalue weighted by atomic mass is 10.0. The summed E-state index contributed by atoms with van der Waals surface area (Å²) in [4.78, 5) is 2.35. The standard InChI is InChI=1S/C15H24N2O2/c1-11(16-12-5-4-8-17(2)10-12)14-9-13(19-3)6-7-15(14)18/h6-7,9,11-12,16,18H,4-5,8,10H2,1-3H3. The Morgan fingerprint density at radius 1 is 1.47 bits per heavy atom. The Bertz CT molecular complexity index is 423. The van der Waals surface area contributed by atoms with Gasteiger partial charge in [0.25, 0.3) is 0 Å². The molecule has 106 valence electrons. The number of likely N-dealkylation sites (tertiary alicyclic amines) is 1. The van der Waals surface area contributed by atoms with Crippen LogP contribution in [0.25, 0.3) is 0 Å². The third kappa shape index (κ3) is 3.61. The molecule has 2 unspecified atom stereocenters. The molecule has 0 amide bonds. The van der Waals surface area contributed by atoms with Crippen LogP contribution < -0.4 is 10.1 Å². The second-order valence-corrected chi connectivity index (χ2v) is 5.41. The van der Waals surface area contributed by atoms with E-state index < -0.39 is 0 Å². The van der Waals surface area contributed by atoms with Gasteiger partial charge in [-0.25, -0.2) is 0 Å². The average molecular weight is 264 g/mol. The summed E-state index contributed by atoms with van der Waals surface area (Å²) in [5.74, 6) is 1.10. The highest BCUT2D eigenvalue weighted by Crippen LogP contribution is 2.29. The molecule has 0 radical (unpaired) electrons. The quantitative estimate of drug-likeness (QED) is 0.874. The van der Waals surface area contributed by atoms with Gasteiger partial charge in [-0.2, -0.15) is 0 Å². The zero-order valence-electron chi connectivity index (χ0n) is 12.0. The Hall–Kier alpha value is -1.26. The van der Waals surface area contributed by atoms with Crippen LogP contribution in [0.1, 0.15) is 31.4 Å². The van der Waals surface area contributed by atoms with Crippen LogP contribution in [0.2, 0.25) is 0 Å². The SMILES string of the molecule is COc1ccc(O)c(C(C)NC2CCCN(C)C2)c1. The summed E-state index contributed by atoms with van der Waals surface area (Å²) < 4.78 is 5.22. The Morgan fingerprint density at radius 3 is 2.95 bits per heavy atom. The molecule has 1 aliphatic heterocycles. The van der Waals surface area contributed by atoms with Crippen LogP contribution >= 0.6 is 0 Å². The predicted octanol–water partition coefficient (Wildman–Crippen LogP) is 2.15. The molecule has 2 atom stereocenters. The first kappa shape index (κ1) is 14.2. The number of hydrogen-bond donors (Lipinski definition) is 2. The minimum Gasteiger partial charge on any atom is -0.508 e. The van der Waals surface area contributed by atoms with Crippen molar-refractivity contribution >= 4 is 0 Å². The van der Waals surface area contributed by atoms with Gasteiger partial charge in [-0.3, -0.25) is 0 Å². The maximum Gasteiger partial charge on any atom is 0.120 e. The van der Waals surface area contributed by atoms with Crippen molar-refractivity contribution in [1.82, 2.24) is 10.2 Å². The Balaban J connectivity index is 2.04. The highest BCUT2D eigenvalue weighted by atomic mass is 16.5. The first-order valence-electron chi connectivity index (χ1n) is 6.91. The number of ether oxygens (including phenoxy) is 1. The van der Waals surface area contributed by atoms with Gasteiger partial charge in [0.15, 0.2) is 0 Å². The van der Waals surface area contributed by atoms with E-state index in [1.54, 1.807) is 19.2 Å². The third-order valence-corrected chi connectivity index (χ3v) is 3.81.